The SMILES string of the molecule is CC1(C)CCC(NCc2cccc(-c3ccc(-c4ncn(COC(=O)C(C)(C)C)n4)cc3F)c2)CC1. The van der Waals surface area contributed by atoms with Crippen LogP contribution in [0.5, 0.6) is 0 Å². The lowest BCUT2D eigenvalue weighted by molar-refractivity contribution is -0.157. The molecule has 0 unspecified atom stereocenters. The van der Waals surface area contributed by atoms with Crippen LogP contribution in [-0.4, -0.2) is 26.8 Å². The van der Waals surface area contributed by atoms with Gasteiger partial charge in [0, 0.05) is 23.7 Å². The highest BCUT2D eigenvalue weighted by Gasteiger charge is 2.26. The first-order chi connectivity index (χ1) is 17.0. The van der Waals surface area contributed by atoms with Crippen molar-refractivity contribution >= 4 is 5.97 Å². The van der Waals surface area contributed by atoms with E-state index in [0.717, 1.165) is 17.7 Å². The smallest absolute Gasteiger partial charge is 0.313 e. The molecule has 36 heavy (non-hydrogen) atoms. The van der Waals surface area contributed by atoms with Crippen molar-refractivity contribution in [3.05, 3.63) is 60.2 Å². The molecular formula is C29H37FN4O2. The summed E-state index contributed by atoms with van der Waals surface area (Å²) < 4.78 is 21.8. The fourth-order valence-electron chi connectivity index (χ4n) is 4.43. The van der Waals surface area contributed by atoms with Crippen molar-refractivity contribution in [2.75, 3.05) is 0 Å². The maximum absolute atomic E-state index is 15.1. The molecular weight excluding hydrogens is 455 g/mol. The summed E-state index contributed by atoms with van der Waals surface area (Å²) in [6.07, 6.45) is 6.37. The predicted molar refractivity (Wildman–Crippen MR) is 139 cm³/mol. The van der Waals surface area contributed by atoms with Crippen LogP contribution in [0.4, 0.5) is 4.39 Å². The van der Waals surface area contributed by atoms with Crippen molar-refractivity contribution < 1.29 is 13.9 Å². The zero-order valence-corrected chi connectivity index (χ0v) is 22.0. The predicted octanol–water partition coefficient (Wildman–Crippen LogP) is 6.36. The maximum Gasteiger partial charge on any atom is 0.313 e. The van der Waals surface area contributed by atoms with E-state index in [1.54, 1.807) is 26.8 Å². The van der Waals surface area contributed by atoms with E-state index in [1.165, 1.54) is 42.8 Å². The Balaban J connectivity index is 1.40. The second kappa shape index (κ2) is 10.5. The molecule has 6 nitrogen and oxygen atoms in total. The molecule has 3 aromatic rings. The third kappa shape index (κ3) is 6.58. The molecule has 0 bridgehead atoms. The zero-order valence-electron chi connectivity index (χ0n) is 22.0. The molecule has 4 rings (SSSR count). The second-order valence-corrected chi connectivity index (χ2v) is 11.6. The highest BCUT2D eigenvalue weighted by atomic mass is 19.1. The maximum atomic E-state index is 15.1. The minimum absolute atomic E-state index is 0.0386. The molecule has 1 N–H and O–H groups in total. The molecule has 1 saturated carbocycles. The normalized spacial score (nSPS) is 16.2. The summed E-state index contributed by atoms with van der Waals surface area (Å²) in [6, 6.07) is 13.6. The van der Waals surface area contributed by atoms with Crippen molar-refractivity contribution in [1.82, 2.24) is 20.1 Å². The Morgan fingerprint density at radius 2 is 1.89 bits per heavy atom. The summed E-state index contributed by atoms with van der Waals surface area (Å²) in [5.74, 6) is -0.279. The molecule has 1 aliphatic carbocycles. The molecule has 0 spiro atoms. The highest BCUT2D eigenvalue weighted by molar-refractivity contribution is 5.75. The molecule has 0 amide bonds. The van der Waals surface area contributed by atoms with E-state index in [0.29, 0.717) is 28.4 Å². The van der Waals surface area contributed by atoms with E-state index < -0.39 is 5.41 Å². The minimum atomic E-state index is -0.594. The molecule has 1 heterocycles. The largest absolute Gasteiger partial charge is 0.442 e. The van der Waals surface area contributed by atoms with Crippen molar-refractivity contribution in [1.29, 1.82) is 0 Å². The van der Waals surface area contributed by atoms with Crippen molar-refractivity contribution in [3.8, 4) is 22.5 Å². The number of nitrogens with one attached hydrogen (secondary N) is 1. The Morgan fingerprint density at radius 1 is 1.14 bits per heavy atom. The summed E-state index contributed by atoms with van der Waals surface area (Å²) in [5, 5.41) is 8.01. The number of rotatable bonds is 7. The molecule has 0 radical (unpaired) electrons. The van der Waals surface area contributed by atoms with E-state index in [-0.39, 0.29) is 18.5 Å². The monoisotopic (exact) mass is 492 g/mol. The van der Waals surface area contributed by atoms with E-state index in [4.69, 9.17) is 4.74 Å². The number of hydrogen-bond donors (Lipinski definition) is 1. The molecule has 2 aromatic carbocycles. The van der Waals surface area contributed by atoms with Gasteiger partial charge in [-0.2, -0.15) is 0 Å². The topological polar surface area (TPSA) is 69.0 Å². The Bertz CT molecular complexity index is 1200. The third-order valence-corrected chi connectivity index (χ3v) is 6.88. The van der Waals surface area contributed by atoms with E-state index in [2.05, 4.69) is 35.3 Å². The van der Waals surface area contributed by atoms with Crippen LogP contribution in [0.15, 0.2) is 48.8 Å². The summed E-state index contributed by atoms with van der Waals surface area (Å²) in [4.78, 5) is 16.2. The number of halogens is 1. The van der Waals surface area contributed by atoms with Gasteiger partial charge in [0.1, 0.15) is 12.1 Å². The molecule has 0 aliphatic heterocycles. The summed E-state index contributed by atoms with van der Waals surface area (Å²) >= 11 is 0. The Morgan fingerprint density at radius 3 is 2.58 bits per heavy atom. The number of ether oxygens (including phenoxy) is 1. The van der Waals surface area contributed by atoms with Gasteiger partial charge < -0.3 is 10.1 Å². The van der Waals surface area contributed by atoms with Gasteiger partial charge in [-0.05, 0) is 75.1 Å². The Hall–Kier alpha value is -3.06. The van der Waals surface area contributed by atoms with Gasteiger partial charge in [0.2, 0.25) is 0 Å². The van der Waals surface area contributed by atoms with Crippen molar-refractivity contribution in [2.45, 2.75) is 79.6 Å². The lowest BCUT2D eigenvalue weighted by Gasteiger charge is -2.34. The van der Waals surface area contributed by atoms with E-state index in [9.17, 15) is 4.79 Å². The minimum Gasteiger partial charge on any atom is -0.442 e. The van der Waals surface area contributed by atoms with E-state index in [1.807, 2.05) is 24.3 Å². The Labute approximate surface area is 213 Å². The summed E-state index contributed by atoms with van der Waals surface area (Å²) in [5.41, 5.74) is 2.95. The molecule has 7 heteroatoms. The summed E-state index contributed by atoms with van der Waals surface area (Å²) in [6.45, 7) is 10.8. The fraction of sp³-hybridized carbons (Fsp3) is 0.483. The van der Waals surface area contributed by atoms with Crippen LogP contribution in [0.2, 0.25) is 0 Å². The molecule has 0 atom stereocenters. The number of carbonyl (C=O) groups excluding carboxylic acids is 1. The number of benzene rings is 2. The van der Waals surface area contributed by atoms with Crippen LogP contribution in [0.1, 0.15) is 65.9 Å². The molecule has 1 fully saturated rings. The van der Waals surface area contributed by atoms with Gasteiger partial charge in [-0.15, -0.1) is 5.10 Å². The number of nitrogens with zero attached hydrogens (tertiary/aromatic N) is 3. The third-order valence-electron chi connectivity index (χ3n) is 6.88. The van der Waals surface area contributed by atoms with Gasteiger partial charge in [-0.3, -0.25) is 4.79 Å². The molecule has 0 saturated heterocycles. The lowest BCUT2D eigenvalue weighted by Crippen LogP contribution is -2.35. The van der Waals surface area contributed by atoms with Crippen LogP contribution in [-0.2, 0) is 22.8 Å². The first-order valence-corrected chi connectivity index (χ1v) is 12.7. The number of carbonyl (C=O) groups is 1. The molecule has 192 valence electrons. The van der Waals surface area contributed by atoms with Gasteiger partial charge in [0.05, 0.1) is 5.41 Å². The Kier molecular flexibility index (Phi) is 7.59. The van der Waals surface area contributed by atoms with Crippen molar-refractivity contribution in [3.63, 3.8) is 0 Å². The molecule has 1 aromatic heterocycles. The quantitative estimate of drug-likeness (QED) is 0.389. The standard InChI is InChI=1S/C29H37FN4O2/c1-28(2,3)27(35)36-19-34-18-32-26(33-34)22-9-10-24(25(30)16-22)21-8-6-7-20(15-21)17-31-23-11-13-29(4,5)14-12-23/h6-10,15-16,18,23,31H,11-14,17,19H2,1-5H3. The average Bonchev–Trinajstić information content (AvgIpc) is 3.30. The van der Waals surface area contributed by atoms with Gasteiger partial charge in [-0.25, -0.2) is 14.1 Å². The average molecular weight is 493 g/mol. The lowest BCUT2D eigenvalue weighted by atomic mass is 9.75. The van der Waals surface area contributed by atoms with E-state index >= 15 is 4.39 Å². The van der Waals surface area contributed by atoms with Gasteiger partial charge >= 0.3 is 5.97 Å². The number of esters is 1. The van der Waals surface area contributed by atoms with Gasteiger partial charge in [0.25, 0.3) is 0 Å². The first kappa shape index (κ1) is 26.0. The van der Waals surface area contributed by atoms with Crippen LogP contribution >= 0.6 is 0 Å². The van der Waals surface area contributed by atoms with Crippen LogP contribution < -0.4 is 5.32 Å². The summed E-state index contributed by atoms with van der Waals surface area (Å²) in [7, 11) is 0. The first-order valence-electron chi connectivity index (χ1n) is 12.7. The fourth-order valence-corrected chi connectivity index (χ4v) is 4.43. The highest BCUT2D eigenvalue weighted by Crippen LogP contribution is 2.35. The number of aromatic nitrogens is 3. The second-order valence-electron chi connectivity index (χ2n) is 11.6. The molecule has 1 aliphatic rings. The van der Waals surface area contributed by atoms with Crippen LogP contribution in [0.25, 0.3) is 22.5 Å². The van der Waals surface area contributed by atoms with Crippen LogP contribution in [0.3, 0.4) is 0 Å². The zero-order chi connectivity index (χ0) is 25.9. The van der Waals surface area contributed by atoms with Crippen LogP contribution in [0, 0.1) is 16.6 Å². The van der Waals surface area contributed by atoms with Gasteiger partial charge in [0.15, 0.2) is 12.6 Å². The van der Waals surface area contributed by atoms with Crippen molar-refractivity contribution in [2.24, 2.45) is 10.8 Å². The number of hydrogen-bond acceptors (Lipinski definition) is 5. The van der Waals surface area contributed by atoms with Gasteiger partial charge in [-0.1, -0.05) is 44.2 Å².